The number of halogens is 1. The van der Waals surface area contributed by atoms with E-state index in [0.29, 0.717) is 30.8 Å². The van der Waals surface area contributed by atoms with Gasteiger partial charge in [-0.05, 0) is 49.1 Å². The number of rotatable bonds is 2. The molecule has 1 aliphatic heterocycles. The van der Waals surface area contributed by atoms with Crippen LogP contribution in [0, 0.1) is 12.3 Å². The third kappa shape index (κ3) is 2.81. The number of nitrogens with zero attached hydrogens (tertiary/aromatic N) is 1. The van der Waals surface area contributed by atoms with Gasteiger partial charge in [0, 0.05) is 22.9 Å². The number of carbonyl (C=O) groups excluding carboxylic acids is 1. The molecule has 3 rings (SSSR count). The van der Waals surface area contributed by atoms with E-state index < -0.39 is 5.63 Å². The molecule has 0 radical (unpaired) electrons. The van der Waals surface area contributed by atoms with E-state index in [2.05, 4.69) is 22.9 Å². The first kappa shape index (κ1) is 16.2. The molecule has 122 valence electrons. The van der Waals surface area contributed by atoms with E-state index in [1.54, 1.807) is 24.0 Å². The average molecular weight is 379 g/mol. The van der Waals surface area contributed by atoms with Crippen LogP contribution < -0.4 is 11.4 Å². The van der Waals surface area contributed by atoms with Crippen LogP contribution in [0.3, 0.4) is 0 Å². The van der Waals surface area contributed by atoms with E-state index in [1.807, 2.05) is 6.07 Å². The summed E-state index contributed by atoms with van der Waals surface area (Å²) in [6.45, 7) is 5.55. The minimum absolute atomic E-state index is 0.0797. The van der Waals surface area contributed by atoms with Gasteiger partial charge in [-0.15, -0.1) is 0 Å². The van der Waals surface area contributed by atoms with Crippen LogP contribution in [0.15, 0.2) is 31.9 Å². The van der Waals surface area contributed by atoms with E-state index in [0.717, 1.165) is 16.3 Å². The number of benzene rings is 1. The second-order valence-electron chi connectivity index (χ2n) is 6.52. The minimum atomic E-state index is -0.580. The van der Waals surface area contributed by atoms with Crippen LogP contribution in [-0.4, -0.2) is 30.4 Å². The highest BCUT2D eigenvalue weighted by Gasteiger charge is 2.36. The van der Waals surface area contributed by atoms with Crippen LogP contribution in [-0.2, 0) is 0 Å². The minimum Gasteiger partial charge on any atom is -0.422 e. The zero-order chi connectivity index (χ0) is 16.8. The van der Waals surface area contributed by atoms with Crippen molar-refractivity contribution in [3.63, 3.8) is 0 Å². The summed E-state index contributed by atoms with van der Waals surface area (Å²) in [7, 11) is 0. The number of amides is 1. The smallest absolute Gasteiger partial charge is 0.349 e. The Morgan fingerprint density at radius 1 is 1.48 bits per heavy atom. The summed E-state index contributed by atoms with van der Waals surface area (Å²) in [5.74, 6) is -0.268. The standard InChI is InChI=1S/C17H19BrN2O3/c1-10-12-7-11(18)3-4-13(12)23-16(22)14(10)15(21)20-6-5-17(2,8-19)9-20/h3-4,7H,5-6,8-9,19H2,1-2H3. The van der Waals surface area contributed by atoms with Gasteiger partial charge in [-0.1, -0.05) is 22.9 Å². The van der Waals surface area contributed by atoms with Crippen molar-refractivity contribution >= 4 is 32.8 Å². The fourth-order valence-electron chi connectivity index (χ4n) is 3.09. The Bertz CT molecular complexity index is 846. The molecule has 2 aromatic rings. The van der Waals surface area contributed by atoms with E-state index in [-0.39, 0.29) is 16.9 Å². The molecule has 1 amide bonds. The molecule has 0 saturated carbocycles. The second kappa shape index (κ2) is 5.76. The van der Waals surface area contributed by atoms with E-state index >= 15 is 0 Å². The van der Waals surface area contributed by atoms with Gasteiger partial charge in [0.2, 0.25) is 0 Å². The van der Waals surface area contributed by atoms with Crippen molar-refractivity contribution in [2.75, 3.05) is 19.6 Å². The van der Waals surface area contributed by atoms with Crippen molar-refractivity contribution in [2.45, 2.75) is 20.3 Å². The van der Waals surface area contributed by atoms with E-state index in [9.17, 15) is 9.59 Å². The predicted molar refractivity (Wildman–Crippen MR) is 92.6 cm³/mol. The van der Waals surface area contributed by atoms with Gasteiger partial charge in [0.1, 0.15) is 11.1 Å². The summed E-state index contributed by atoms with van der Waals surface area (Å²) < 4.78 is 6.21. The van der Waals surface area contributed by atoms with Gasteiger partial charge in [0.05, 0.1) is 0 Å². The second-order valence-corrected chi connectivity index (χ2v) is 7.44. The zero-order valence-electron chi connectivity index (χ0n) is 13.2. The summed E-state index contributed by atoms with van der Waals surface area (Å²) in [5, 5.41) is 0.767. The first-order valence-corrected chi connectivity index (χ1v) is 8.36. The molecule has 1 aromatic carbocycles. The first-order chi connectivity index (χ1) is 10.8. The van der Waals surface area contributed by atoms with Gasteiger partial charge < -0.3 is 15.1 Å². The molecule has 23 heavy (non-hydrogen) atoms. The Morgan fingerprint density at radius 2 is 2.22 bits per heavy atom. The van der Waals surface area contributed by atoms with Gasteiger partial charge >= 0.3 is 5.63 Å². The highest BCUT2D eigenvalue weighted by molar-refractivity contribution is 9.10. The molecule has 5 nitrogen and oxygen atoms in total. The van der Waals surface area contributed by atoms with Gasteiger partial charge in [-0.25, -0.2) is 4.79 Å². The van der Waals surface area contributed by atoms with Gasteiger partial charge in [0.25, 0.3) is 5.91 Å². The van der Waals surface area contributed by atoms with Crippen molar-refractivity contribution in [2.24, 2.45) is 11.1 Å². The molecule has 1 saturated heterocycles. The SMILES string of the molecule is Cc1c(C(=O)N2CCC(C)(CN)C2)c(=O)oc2ccc(Br)cc12. The molecule has 6 heteroatoms. The molecule has 1 unspecified atom stereocenters. The Hall–Kier alpha value is -1.66. The molecule has 1 aromatic heterocycles. The van der Waals surface area contributed by atoms with Crippen LogP contribution in [0.25, 0.3) is 11.0 Å². The van der Waals surface area contributed by atoms with E-state index in [4.69, 9.17) is 10.2 Å². The lowest BCUT2D eigenvalue weighted by Crippen LogP contribution is -2.36. The topological polar surface area (TPSA) is 76.5 Å². The van der Waals surface area contributed by atoms with Gasteiger partial charge in [-0.2, -0.15) is 0 Å². The van der Waals surface area contributed by atoms with Crippen LogP contribution in [0.5, 0.6) is 0 Å². The highest BCUT2D eigenvalue weighted by atomic mass is 79.9. The number of hydrogen-bond donors (Lipinski definition) is 1. The number of carbonyl (C=O) groups is 1. The Labute approximate surface area is 142 Å². The summed E-state index contributed by atoms with van der Waals surface area (Å²) in [5.41, 5.74) is 6.40. The van der Waals surface area contributed by atoms with Gasteiger partial charge in [0.15, 0.2) is 0 Å². The maximum absolute atomic E-state index is 12.8. The van der Waals surface area contributed by atoms with Crippen LogP contribution in [0.1, 0.15) is 29.3 Å². The third-order valence-electron chi connectivity index (χ3n) is 4.68. The quantitative estimate of drug-likeness (QED) is 0.814. The molecule has 1 atom stereocenters. The molecule has 1 fully saturated rings. The van der Waals surface area contributed by atoms with Gasteiger partial charge in [-0.3, -0.25) is 4.79 Å². The number of fused-ring (bicyclic) bond motifs is 1. The van der Waals surface area contributed by atoms with Crippen LogP contribution in [0.2, 0.25) is 0 Å². The number of likely N-dealkylation sites (tertiary alicyclic amines) is 1. The molecular formula is C17H19BrN2O3. The first-order valence-electron chi connectivity index (χ1n) is 7.57. The highest BCUT2D eigenvalue weighted by Crippen LogP contribution is 2.30. The fourth-order valence-corrected chi connectivity index (χ4v) is 3.45. The third-order valence-corrected chi connectivity index (χ3v) is 5.17. The van der Waals surface area contributed by atoms with Crippen molar-refractivity contribution in [3.05, 3.63) is 44.2 Å². The van der Waals surface area contributed by atoms with Crippen molar-refractivity contribution in [3.8, 4) is 0 Å². The lowest BCUT2D eigenvalue weighted by Gasteiger charge is -2.22. The predicted octanol–water partition coefficient (Wildman–Crippen LogP) is 2.67. The molecule has 2 N–H and O–H groups in total. The maximum atomic E-state index is 12.8. The lowest BCUT2D eigenvalue weighted by molar-refractivity contribution is 0.0772. The molecule has 1 aliphatic rings. The van der Waals surface area contributed by atoms with Crippen LogP contribution >= 0.6 is 15.9 Å². The summed E-state index contributed by atoms with van der Waals surface area (Å²) >= 11 is 3.41. The maximum Gasteiger partial charge on any atom is 0.349 e. The van der Waals surface area contributed by atoms with Crippen LogP contribution in [0.4, 0.5) is 0 Å². The summed E-state index contributed by atoms with van der Waals surface area (Å²) in [4.78, 5) is 26.9. The molecule has 0 spiro atoms. The Kier molecular flexibility index (Phi) is 4.06. The van der Waals surface area contributed by atoms with Crippen molar-refractivity contribution in [1.29, 1.82) is 0 Å². The summed E-state index contributed by atoms with van der Waals surface area (Å²) in [6, 6.07) is 5.39. The molecular weight excluding hydrogens is 360 g/mol. The zero-order valence-corrected chi connectivity index (χ0v) is 14.8. The molecule has 0 bridgehead atoms. The fraction of sp³-hybridized carbons (Fsp3) is 0.412. The number of hydrogen-bond acceptors (Lipinski definition) is 4. The lowest BCUT2D eigenvalue weighted by atomic mass is 9.90. The average Bonchev–Trinajstić information content (AvgIpc) is 2.91. The Morgan fingerprint density at radius 3 is 2.87 bits per heavy atom. The monoisotopic (exact) mass is 378 g/mol. The Balaban J connectivity index is 2.06. The normalized spacial score (nSPS) is 21.1. The van der Waals surface area contributed by atoms with E-state index in [1.165, 1.54) is 0 Å². The summed E-state index contributed by atoms with van der Waals surface area (Å²) in [6.07, 6.45) is 0.846. The number of nitrogens with two attached hydrogens (primary N) is 1. The van der Waals surface area contributed by atoms with Crippen molar-refractivity contribution < 1.29 is 9.21 Å². The number of aryl methyl sites for hydroxylation is 1. The van der Waals surface area contributed by atoms with Crippen molar-refractivity contribution in [1.82, 2.24) is 4.90 Å². The molecule has 0 aliphatic carbocycles. The molecule has 2 heterocycles. The largest absolute Gasteiger partial charge is 0.422 e.